The number of rotatable bonds is 3. The number of nitrogens with zero attached hydrogens (tertiary/aromatic N) is 1. The predicted molar refractivity (Wildman–Crippen MR) is 103 cm³/mol. The van der Waals surface area contributed by atoms with Crippen molar-refractivity contribution in [3.63, 3.8) is 0 Å². The quantitative estimate of drug-likeness (QED) is 0.631. The zero-order valence-electron chi connectivity index (χ0n) is 16.1. The highest BCUT2D eigenvalue weighted by molar-refractivity contribution is 6.15. The molecule has 0 N–H and O–H groups in total. The summed E-state index contributed by atoms with van der Waals surface area (Å²) in [6.45, 7) is 2.77. The lowest BCUT2D eigenvalue weighted by Gasteiger charge is -2.30. The van der Waals surface area contributed by atoms with Crippen LogP contribution in [0.5, 0.6) is 0 Å². The van der Waals surface area contributed by atoms with Gasteiger partial charge >= 0.3 is 6.18 Å². The van der Waals surface area contributed by atoms with E-state index in [1.807, 2.05) is 24.3 Å². The molecule has 0 aromatic carbocycles. The fourth-order valence-corrected chi connectivity index (χ4v) is 4.81. The molecule has 28 heavy (non-hydrogen) atoms. The second-order valence-electron chi connectivity index (χ2n) is 7.96. The van der Waals surface area contributed by atoms with Crippen LogP contribution in [-0.4, -0.2) is 29.4 Å². The Kier molecular flexibility index (Phi) is 4.72. The van der Waals surface area contributed by atoms with Crippen LogP contribution < -0.4 is 0 Å². The molecule has 0 saturated heterocycles. The first-order valence-electron chi connectivity index (χ1n) is 9.84. The maximum Gasteiger partial charge on any atom is 0.405 e. The first-order chi connectivity index (χ1) is 13.3. The maximum atomic E-state index is 13.6. The van der Waals surface area contributed by atoms with Gasteiger partial charge in [-0.15, -0.1) is 0 Å². The minimum absolute atomic E-state index is 0.122. The zero-order valence-corrected chi connectivity index (χ0v) is 16.1. The minimum atomic E-state index is -4.31. The second-order valence-corrected chi connectivity index (χ2v) is 7.96. The molecule has 4 aliphatic rings. The molecule has 0 spiro atoms. The standard InChI is InChI=1S/C23H24F3NO/c1-14-11-12-18(17-8-4-3-7-16(14)17)22(28)21-15(2)27(13-23(24,25)26)20-10-6-5-9-19(20)21/h3,5-7,9,12,14,20H,4,8,10-11,13H2,1-2H3. The molecule has 0 saturated carbocycles. The van der Waals surface area contributed by atoms with Gasteiger partial charge in [0, 0.05) is 16.8 Å². The van der Waals surface area contributed by atoms with Gasteiger partial charge in [-0.3, -0.25) is 4.79 Å². The summed E-state index contributed by atoms with van der Waals surface area (Å²) in [6, 6.07) is -0.409. The van der Waals surface area contributed by atoms with Gasteiger partial charge in [0.05, 0.1) is 6.04 Å². The SMILES string of the molecule is CC1=C(C(=O)C2=CCC(C)C3=C2CCC=C3)C2=CC=CCC2N1CC(F)(F)F. The molecule has 3 aliphatic carbocycles. The highest BCUT2D eigenvalue weighted by atomic mass is 19.4. The first kappa shape index (κ1) is 19.0. The first-order valence-corrected chi connectivity index (χ1v) is 9.84. The number of carbonyl (C=O) groups excluding carboxylic acids is 1. The molecule has 0 radical (unpaired) electrons. The molecule has 4 rings (SSSR count). The topological polar surface area (TPSA) is 20.3 Å². The molecule has 0 aromatic rings. The van der Waals surface area contributed by atoms with Crippen molar-refractivity contribution in [3.8, 4) is 0 Å². The number of fused-ring (bicyclic) bond motifs is 1. The van der Waals surface area contributed by atoms with Crippen LogP contribution in [0.15, 0.2) is 70.0 Å². The molecule has 1 heterocycles. The lowest BCUT2D eigenvalue weighted by molar-refractivity contribution is -0.143. The second kappa shape index (κ2) is 6.94. The molecule has 2 nitrogen and oxygen atoms in total. The monoisotopic (exact) mass is 387 g/mol. The van der Waals surface area contributed by atoms with Crippen molar-refractivity contribution < 1.29 is 18.0 Å². The zero-order chi connectivity index (χ0) is 20.1. The van der Waals surface area contributed by atoms with Crippen LogP contribution in [0, 0.1) is 5.92 Å². The Hall–Kier alpha value is -2.30. The third kappa shape index (κ3) is 3.21. The van der Waals surface area contributed by atoms with E-state index in [2.05, 4.69) is 19.1 Å². The van der Waals surface area contributed by atoms with Crippen LogP contribution in [0.4, 0.5) is 13.2 Å². The van der Waals surface area contributed by atoms with Crippen LogP contribution in [0.1, 0.15) is 39.5 Å². The number of halogens is 3. The number of ketones is 1. The van der Waals surface area contributed by atoms with E-state index in [-0.39, 0.29) is 5.78 Å². The third-order valence-corrected chi connectivity index (χ3v) is 6.15. The van der Waals surface area contributed by atoms with Crippen LogP contribution in [0.2, 0.25) is 0 Å². The van der Waals surface area contributed by atoms with Gasteiger partial charge in [0.2, 0.25) is 0 Å². The summed E-state index contributed by atoms with van der Waals surface area (Å²) in [5.41, 5.74) is 4.59. The molecule has 0 aromatic heterocycles. The lowest BCUT2D eigenvalue weighted by atomic mass is 9.76. The summed E-state index contributed by atoms with van der Waals surface area (Å²) in [4.78, 5) is 14.9. The van der Waals surface area contributed by atoms with Crippen molar-refractivity contribution in [1.29, 1.82) is 0 Å². The highest BCUT2D eigenvalue weighted by Gasteiger charge is 2.43. The van der Waals surface area contributed by atoms with Crippen molar-refractivity contribution in [3.05, 3.63) is 70.0 Å². The van der Waals surface area contributed by atoms with Gasteiger partial charge < -0.3 is 4.90 Å². The molecule has 0 bridgehead atoms. The molecule has 0 fully saturated rings. The van der Waals surface area contributed by atoms with Crippen LogP contribution in [0.25, 0.3) is 0 Å². The van der Waals surface area contributed by atoms with Gasteiger partial charge in [0.25, 0.3) is 0 Å². The average molecular weight is 387 g/mol. The normalized spacial score (nSPS) is 27.0. The number of alkyl halides is 3. The van der Waals surface area contributed by atoms with Crippen molar-refractivity contribution in [2.75, 3.05) is 6.54 Å². The molecular formula is C23H24F3NO. The summed E-state index contributed by atoms with van der Waals surface area (Å²) in [6.07, 6.45) is 10.4. The van der Waals surface area contributed by atoms with Gasteiger partial charge in [0.1, 0.15) is 6.54 Å². The molecule has 148 valence electrons. The van der Waals surface area contributed by atoms with E-state index in [0.717, 1.165) is 30.4 Å². The fraction of sp³-hybridized carbons (Fsp3) is 0.435. The van der Waals surface area contributed by atoms with Gasteiger partial charge in [-0.1, -0.05) is 43.4 Å². The van der Waals surface area contributed by atoms with E-state index in [1.165, 1.54) is 10.5 Å². The van der Waals surface area contributed by atoms with E-state index in [0.29, 0.717) is 29.2 Å². The van der Waals surface area contributed by atoms with Crippen LogP contribution >= 0.6 is 0 Å². The van der Waals surface area contributed by atoms with Gasteiger partial charge in [-0.25, -0.2) is 0 Å². The minimum Gasteiger partial charge on any atom is -0.358 e. The Bertz CT molecular complexity index is 895. The number of hydrogen-bond acceptors (Lipinski definition) is 2. The van der Waals surface area contributed by atoms with E-state index < -0.39 is 18.8 Å². The van der Waals surface area contributed by atoms with Gasteiger partial charge in [0.15, 0.2) is 5.78 Å². The van der Waals surface area contributed by atoms with E-state index in [9.17, 15) is 18.0 Å². The Morgan fingerprint density at radius 2 is 2.04 bits per heavy atom. The fourth-order valence-electron chi connectivity index (χ4n) is 4.81. The predicted octanol–water partition coefficient (Wildman–Crippen LogP) is 5.58. The summed E-state index contributed by atoms with van der Waals surface area (Å²) >= 11 is 0. The number of allylic oxidation sites excluding steroid dienone is 9. The Morgan fingerprint density at radius 1 is 1.25 bits per heavy atom. The molecule has 2 unspecified atom stereocenters. The van der Waals surface area contributed by atoms with E-state index in [4.69, 9.17) is 0 Å². The molecule has 1 aliphatic heterocycles. The lowest BCUT2D eigenvalue weighted by Crippen LogP contribution is -2.38. The third-order valence-electron chi connectivity index (χ3n) is 6.15. The van der Waals surface area contributed by atoms with Crippen molar-refractivity contribution >= 4 is 5.78 Å². The molecular weight excluding hydrogens is 363 g/mol. The highest BCUT2D eigenvalue weighted by Crippen LogP contribution is 2.43. The molecule has 0 amide bonds. The van der Waals surface area contributed by atoms with Gasteiger partial charge in [-0.2, -0.15) is 13.2 Å². The Labute approximate surface area is 163 Å². The van der Waals surface area contributed by atoms with E-state index in [1.54, 1.807) is 6.92 Å². The largest absolute Gasteiger partial charge is 0.405 e. The maximum absolute atomic E-state index is 13.6. The number of carbonyl (C=O) groups is 1. The van der Waals surface area contributed by atoms with Crippen LogP contribution in [0.3, 0.4) is 0 Å². The Morgan fingerprint density at radius 3 is 2.79 bits per heavy atom. The van der Waals surface area contributed by atoms with Crippen molar-refractivity contribution in [2.45, 2.75) is 51.7 Å². The van der Waals surface area contributed by atoms with Crippen molar-refractivity contribution in [1.82, 2.24) is 4.90 Å². The summed E-state index contributed by atoms with van der Waals surface area (Å²) in [5.74, 6) is 0.247. The molecule has 5 heteroatoms. The Balaban J connectivity index is 1.75. The summed E-state index contributed by atoms with van der Waals surface area (Å²) in [7, 11) is 0. The van der Waals surface area contributed by atoms with Gasteiger partial charge in [-0.05, 0) is 55.2 Å². The smallest absolute Gasteiger partial charge is 0.358 e. The number of Topliss-reactive ketones (excluding diaryl/α,β-unsaturated/α-hetero) is 1. The summed E-state index contributed by atoms with van der Waals surface area (Å²) in [5, 5.41) is 0. The average Bonchev–Trinajstić information content (AvgIpc) is 2.92. The summed E-state index contributed by atoms with van der Waals surface area (Å²) < 4.78 is 39.5. The van der Waals surface area contributed by atoms with Crippen molar-refractivity contribution in [2.24, 2.45) is 5.92 Å². The van der Waals surface area contributed by atoms with E-state index >= 15 is 0 Å². The van der Waals surface area contributed by atoms with Crippen LogP contribution in [-0.2, 0) is 4.79 Å². The molecule has 2 atom stereocenters. The number of hydrogen-bond donors (Lipinski definition) is 0.